The van der Waals surface area contributed by atoms with E-state index in [4.69, 9.17) is 15.9 Å². The Morgan fingerprint density at radius 2 is 1.78 bits per heavy atom. The number of primary amides is 1. The highest BCUT2D eigenvalue weighted by molar-refractivity contribution is 5.95. The zero-order valence-corrected chi connectivity index (χ0v) is 21.3. The fraction of sp³-hybridized carbons (Fsp3) is 0.233. The molecule has 3 aromatic carbocycles. The molecule has 0 unspecified atom stereocenters. The summed E-state index contributed by atoms with van der Waals surface area (Å²) in [5.41, 5.74) is 13.8. The van der Waals surface area contributed by atoms with Gasteiger partial charge in [-0.1, -0.05) is 56.3 Å². The lowest BCUT2D eigenvalue weighted by Gasteiger charge is -2.11. The standard InChI is InChI=1S/C30H31N5O2/c1-4-20-16-22(30(31)37)14-15-27(20)35-19(3)23(5-2)29(33-35)24-12-9-13-26-25(24)17-34(32-26)18-28(36)21-10-7-6-8-11-21/h6-17,28,36H,4-5,18H2,1-3H3,(H2,31,37)/t28-/m0/s1. The second-order valence-electron chi connectivity index (χ2n) is 9.26. The average Bonchev–Trinajstić information content (AvgIpc) is 3.48. The van der Waals surface area contributed by atoms with Gasteiger partial charge in [-0.3, -0.25) is 9.48 Å². The molecule has 0 saturated heterocycles. The van der Waals surface area contributed by atoms with Gasteiger partial charge in [0, 0.05) is 34.0 Å². The van der Waals surface area contributed by atoms with E-state index in [2.05, 4.69) is 26.8 Å². The van der Waals surface area contributed by atoms with Crippen LogP contribution in [0.15, 0.2) is 72.9 Å². The van der Waals surface area contributed by atoms with E-state index in [0.717, 1.165) is 63.1 Å². The number of hydrogen-bond acceptors (Lipinski definition) is 4. The monoisotopic (exact) mass is 493 g/mol. The Hall–Kier alpha value is -4.23. The van der Waals surface area contributed by atoms with Gasteiger partial charge >= 0.3 is 0 Å². The van der Waals surface area contributed by atoms with Gasteiger partial charge in [0.1, 0.15) is 0 Å². The number of aliphatic hydroxyl groups is 1. The van der Waals surface area contributed by atoms with E-state index in [0.29, 0.717) is 12.1 Å². The molecule has 0 radical (unpaired) electrons. The smallest absolute Gasteiger partial charge is 0.248 e. The number of aliphatic hydroxyl groups excluding tert-OH is 1. The Bertz CT molecular complexity index is 1580. The van der Waals surface area contributed by atoms with Crippen LogP contribution >= 0.6 is 0 Å². The predicted octanol–water partition coefficient (Wildman–Crippen LogP) is 5.15. The van der Waals surface area contributed by atoms with Crippen molar-refractivity contribution in [1.82, 2.24) is 19.6 Å². The zero-order chi connectivity index (χ0) is 26.1. The molecule has 1 atom stereocenters. The van der Waals surface area contributed by atoms with Crippen molar-refractivity contribution in [3.63, 3.8) is 0 Å². The Balaban J connectivity index is 1.58. The largest absolute Gasteiger partial charge is 0.386 e. The normalized spacial score (nSPS) is 12.2. The second-order valence-corrected chi connectivity index (χ2v) is 9.26. The minimum Gasteiger partial charge on any atom is -0.386 e. The molecule has 7 nitrogen and oxygen atoms in total. The molecule has 2 aromatic heterocycles. The third-order valence-electron chi connectivity index (χ3n) is 6.96. The van der Waals surface area contributed by atoms with E-state index in [1.54, 1.807) is 10.7 Å². The van der Waals surface area contributed by atoms with E-state index in [1.165, 1.54) is 0 Å². The number of hydrogen-bond donors (Lipinski definition) is 2. The van der Waals surface area contributed by atoms with Gasteiger partial charge in [-0.2, -0.15) is 10.2 Å². The number of carbonyl (C=O) groups is 1. The van der Waals surface area contributed by atoms with Gasteiger partial charge in [0.05, 0.1) is 29.5 Å². The minimum atomic E-state index is -0.651. The summed E-state index contributed by atoms with van der Waals surface area (Å²) in [6.45, 7) is 6.63. The molecular weight excluding hydrogens is 462 g/mol. The van der Waals surface area contributed by atoms with Crippen LogP contribution in [0.2, 0.25) is 0 Å². The van der Waals surface area contributed by atoms with E-state index >= 15 is 0 Å². The Labute approximate surface area is 216 Å². The summed E-state index contributed by atoms with van der Waals surface area (Å²) in [6.07, 6.45) is 2.91. The first-order chi connectivity index (χ1) is 17.9. The highest BCUT2D eigenvalue weighted by Gasteiger charge is 2.21. The third kappa shape index (κ3) is 4.54. The van der Waals surface area contributed by atoms with Gasteiger partial charge in [-0.05, 0) is 55.2 Å². The molecule has 0 aliphatic rings. The molecule has 37 heavy (non-hydrogen) atoms. The lowest BCUT2D eigenvalue weighted by atomic mass is 10.0. The fourth-order valence-electron chi connectivity index (χ4n) is 4.99. The highest BCUT2D eigenvalue weighted by atomic mass is 16.3. The van der Waals surface area contributed by atoms with Crippen LogP contribution < -0.4 is 5.73 Å². The number of nitrogens with two attached hydrogens (primary N) is 1. The predicted molar refractivity (Wildman–Crippen MR) is 146 cm³/mol. The molecule has 0 saturated carbocycles. The number of nitrogens with zero attached hydrogens (tertiary/aromatic N) is 4. The first-order valence-corrected chi connectivity index (χ1v) is 12.6. The molecule has 5 aromatic rings. The van der Waals surface area contributed by atoms with Gasteiger partial charge in [0.25, 0.3) is 0 Å². The molecule has 1 amide bonds. The number of carbonyl (C=O) groups excluding carboxylic acids is 1. The van der Waals surface area contributed by atoms with E-state index < -0.39 is 12.0 Å². The van der Waals surface area contributed by atoms with Crippen molar-refractivity contribution in [3.8, 4) is 16.9 Å². The molecule has 188 valence electrons. The van der Waals surface area contributed by atoms with E-state index in [-0.39, 0.29) is 0 Å². The van der Waals surface area contributed by atoms with Crippen molar-refractivity contribution in [2.75, 3.05) is 0 Å². The molecule has 2 heterocycles. The minimum absolute atomic E-state index is 0.359. The van der Waals surface area contributed by atoms with Crippen molar-refractivity contribution in [1.29, 1.82) is 0 Å². The SMILES string of the molecule is CCc1cc(C(N)=O)ccc1-n1nc(-c2cccc3nn(C[C@H](O)c4ccccc4)cc23)c(CC)c1C. The maximum Gasteiger partial charge on any atom is 0.248 e. The summed E-state index contributed by atoms with van der Waals surface area (Å²) in [6, 6.07) is 21.2. The van der Waals surface area contributed by atoms with Gasteiger partial charge in [-0.15, -0.1) is 0 Å². The molecular formula is C30H31N5O2. The van der Waals surface area contributed by atoms with Crippen molar-refractivity contribution in [2.24, 2.45) is 5.73 Å². The van der Waals surface area contributed by atoms with Crippen LogP contribution in [0.5, 0.6) is 0 Å². The summed E-state index contributed by atoms with van der Waals surface area (Å²) in [4.78, 5) is 11.7. The maximum absolute atomic E-state index is 11.7. The quantitative estimate of drug-likeness (QED) is 0.312. The number of aromatic nitrogens is 4. The Morgan fingerprint density at radius 1 is 1.00 bits per heavy atom. The van der Waals surface area contributed by atoms with Gasteiger partial charge in [0.2, 0.25) is 5.91 Å². The Kier molecular flexibility index (Phi) is 6.63. The number of aryl methyl sites for hydroxylation is 1. The average molecular weight is 494 g/mol. The lowest BCUT2D eigenvalue weighted by Crippen LogP contribution is -2.12. The zero-order valence-electron chi connectivity index (χ0n) is 21.3. The molecule has 0 fully saturated rings. The van der Waals surface area contributed by atoms with E-state index in [9.17, 15) is 9.90 Å². The topological polar surface area (TPSA) is 99.0 Å². The second kappa shape index (κ2) is 10.0. The van der Waals surface area contributed by atoms with Crippen LogP contribution in [0.1, 0.15) is 52.7 Å². The summed E-state index contributed by atoms with van der Waals surface area (Å²) in [5, 5.41) is 21.5. The van der Waals surface area contributed by atoms with Crippen LogP contribution in [0, 0.1) is 6.92 Å². The fourth-order valence-corrected chi connectivity index (χ4v) is 4.99. The van der Waals surface area contributed by atoms with Crippen molar-refractivity contribution in [3.05, 3.63) is 101 Å². The van der Waals surface area contributed by atoms with Crippen molar-refractivity contribution >= 4 is 16.8 Å². The maximum atomic E-state index is 11.7. The molecule has 0 aliphatic heterocycles. The van der Waals surface area contributed by atoms with Gasteiger partial charge in [0.15, 0.2) is 0 Å². The highest BCUT2D eigenvalue weighted by Crippen LogP contribution is 2.33. The molecule has 7 heteroatoms. The molecule has 0 spiro atoms. The summed E-state index contributed by atoms with van der Waals surface area (Å²) in [7, 11) is 0. The molecule has 0 bridgehead atoms. The molecule has 0 aliphatic carbocycles. The van der Waals surface area contributed by atoms with Crippen molar-refractivity contribution < 1.29 is 9.90 Å². The van der Waals surface area contributed by atoms with E-state index in [1.807, 2.05) is 65.5 Å². The number of benzene rings is 3. The first kappa shape index (κ1) is 24.5. The van der Waals surface area contributed by atoms with Crippen LogP contribution in [0.25, 0.3) is 27.8 Å². The van der Waals surface area contributed by atoms with Crippen LogP contribution in [-0.4, -0.2) is 30.6 Å². The molecule has 3 N–H and O–H groups in total. The molecule has 5 rings (SSSR count). The number of fused-ring (bicyclic) bond motifs is 1. The summed E-state index contributed by atoms with van der Waals surface area (Å²) < 4.78 is 3.78. The van der Waals surface area contributed by atoms with Gasteiger partial charge < -0.3 is 10.8 Å². The first-order valence-electron chi connectivity index (χ1n) is 12.6. The number of rotatable bonds is 8. The van der Waals surface area contributed by atoms with Crippen LogP contribution in [-0.2, 0) is 19.4 Å². The Morgan fingerprint density at radius 3 is 2.49 bits per heavy atom. The lowest BCUT2D eigenvalue weighted by molar-refractivity contribution is 0.1000. The summed E-state index contributed by atoms with van der Waals surface area (Å²) in [5.74, 6) is -0.436. The van der Waals surface area contributed by atoms with Gasteiger partial charge in [-0.25, -0.2) is 4.68 Å². The third-order valence-corrected chi connectivity index (χ3v) is 6.96. The van der Waals surface area contributed by atoms with Crippen LogP contribution in [0.4, 0.5) is 0 Å². The van der Waals surface area contributed by atoms with Crippen molar-refractivity contribution in [2.45, 2.75) is 46.3 Å². The summed E-state index contributed by atoms with van der Waals surface area (Å²) >= 11 is 0. The van der Waals surface area contributed by atoms with Crippen LogP contribution in [0.3, 0.4) is 0 Å². The number of amides is 1.